The number of nitrogens with zero attached hydrogens (tertiary/aromatic N) is 1. The number of hydrogen-bond donors (Lipinski definition) is 2. The maximum absolute atomic E-state index is 12.0. The Balaban J connectivity index is 1.99. The van der Waals surface area contributed by atoms with Crippen molar-refractivity contribution in [3.05, 3.63) is 24.3 Å². The van der Waals surface area contributed by atoms with E-state index in [0.29, 0.717) is 13.2 Å². The van der Waals surface area contributed by atoms with E-state index >= 15 is 0 Å². The van der Waals surface area contributed by atoms with Gasteiger partial charge >= 0.3 is 0 Å². The van der Waals surface area contributed by atoms with Crippen LogP contribution in [-0.4, -0.2) is 45.8 Å². The van der Waals surface area contributed by atoms with E-state index in [1.165, 1.54) is 0 Å². The molecule has 1 saturated heterocycles. The van der Waals surface area contributed by atoms with E-state index in [9.17, 15) is 4.79 Å². The number of benzene rings is 1. The Morgan fingerprint density at radius 1 is 1.50 bits per heavy atom. The molecule has 0 saturated carbocycles. The first-order valence-electron chi connectivity index (χ1n) is 6.06. The number of rotatable bonds is 3. The Kier molecular flexibility index (Phi) is 4.17. The van der Waals surface area contributed by atoms with Gasteiger partial charge in [0.2, 0.25) is 5.91 Å². The van der Waals surface area contributed by atoms with E-state index < -0.39 is 0 Å². The van der Waals surface area contributed by atoms with Crippen molar-refractivity contribution in [1.82, 2.24) is 5.32 Å². The van der Waals surface area contributed by atoms with Crippen LogP contribution in [0.15, 0.2) is 24.3 Å². The molecule has 0 radical (unpaired) electrons. The second-order valence-electron chi connectivity index (χ2n) is 4.52. The first kappa shape index (κ1) is 12.9. The average Bonchev–Trinajstić information content (AvgIpc) is 2.40. The van der Waals surface area contributed by atoms with Crippen LogP contribution < -0.4 is 15.5 Å². The van der Waals surface area contributed by atoms with Crippen LogP contribution in [-0.2, 0) is 9.53 Å². The summed E-state index contributed by atoms with van der Waals surface area (Å²) in [6.07, 6.45) is 0. The smallest absolute Gasteiger partial charge is 0.243 e. The van der Waals surface area contributed by atoms with Gasteiger partial charge in [0.1, 0.15) is 6.04 Å². The molecule has 0 bridgehead atoms. The van der Waals surface area contributed by atoms with Crippen LogP contribution in [0.1, 0.15) is 0 Å². The molecular formula is C13H19N3O2. The number of carbonyl (C=O) groups is 1. The molecule has 1 atom stereocenters. The lowest BCUT2D eigenvalue weighted by Gasteiger charge is -2.23. The van der Waals surface area contributed by atoms with Gasteiger partial charge in [0.15, 0.2) is 0 Å². The summed E-state index contributed by atoms with van der Waals surface area (Å²) in [5, 5.41) is 6.03. The van der Waals surface area contributed by atoms with Gasteiger partial charge in [-0.05, 0) is 18.2 Å². The van der Waals surface area contributed by atoms with Crippen LogP contribution in [0.3, 0.4) is 0 Å². The molecule has 2 rings (SSSR count). The molecule has 1 aliphatic heterocycles. The largest absolute Gasteiger partial charge is 0.378 e. The van der Waals surface area contributed by atoms with Gasteiger partial charge in [-0.1, -0.05) is 6.07 Å². The first-order chi connectivity index (χ1) is 8.66. The zero-order valence-corrected chi connectivity index (χ0v) is 10.8. The number of anilines is 2. The maximum Gasteiger partial charge on any atom is 0.243 e. The molecule has 5 nitrogen and oxygen atoms in total. The summed E-state index contributed by atoms with van der Waals surface area (Å²) in [4.78, 5) is 14.0. The minimum Gasteiger partial charge on any atom is -0.378 e. The fourth-order valence-corrected chi connectivity index (χ4v) is 1.83. The van der Waals surface area contributed by atoms with Crippen LogP contribution >= 0.6 is 0 Å². The number of morpholine rings is 1. The van der Waals surface area contributed by atoms with Crippen molar-refractivity contribution < 1.29 is 9.53 Å². The highest BCUT2D eigenvalue weighted by atomic mass is 16.5. The van der Waals surface area contributed by atoms with Gasteiger partial charge in [-0.2, -0.15) is 0 Å². The van der Waals surface area contributed by atoms with E-state index in [1.54, 1.807) is 0 Å². The SMILES string of the molecule is CN(C)c1cccc(NC(=O)C2COCCN2)c1. The molecule has 1 aliphatic rings. The van der Waals surface area contributed by atoms with Crippen LogP contribution in [0.5, 0.6) is 0 Å². The van der Waals surface area contributed by atoms with Crippen molar-refractivity contribution in [3.8, 4) is 0 Å². The Bertz CT molecular complexity index is 414. The molecule has 98 valence electrons. The monoisotopic (exact) mass is 249 g/mol. The van der Waals surface area contributed by atoms with Crippen molar-refractivity contribution in [2.45, 2.75) is 6.04 Å². The van der Waals surface area contributed by atoms with Crippen LogP contribution in [0.4, 0.5) is 11.4 Å². The quantitative estimate of drug-likeness (QED) is 0.827. The Morgan fingerprint density at radius 3 is 3.00 bits per heavy atom. The number of amides is 1. The lowest BCUT2D eigenvalue weighted by atomic mass is 10.2. The number of hydrogen-bond acceptors (Lipinski definition) is 4. The van der Waals surface area contributed by atoms with E-state index in [-0.39, 0.29) is 11.9 Å². The van der Waals surface area contributed by atoms with Gasteiger partial charge in [0.05, 0.1) is 13.2 Å². The summed E-state index contributed by atoms with van der Waals surface area (Å²) in [5.41, 5.74) is 1.86. The van der Waals surface area contributed by atoms with E-state index in [2.05, 4.69) is 10.6 Å². The fraction of sp³-hybridized carbons (Fsp3) is 0.462. The third kappa shape index (κ3) is 3.21. The molecule has 2 N–H and O–H groups in total. The standard InChI is InChI=1S/C13H19N3O2/c1-16(2)11-5-3-4-10(8-11)15-13(17)12-9-18-7-6-14-12/h3-5,8,12,14H,6-7,9H2,1-2H3,(H,15,17). The molecule has 0 aliphatic carbocycles. The third-order valence-electron chi connectivity index (χ3n) is 2.87. The van der Waals surface area contributed by atoms with E-state index in [0.717, 1.165) is 17.9 Å². The molecule has 1 fully saturated rings. The molecular weight excluding hydrogens is 230 g/mol. The summed E-state index contributed by atoms with van der Waals surface area (Å²) in [6.45, 7) is 1.81. The number of carbonyl (C=O) groups excluding carboxylic acids is 1. The molecule has 1 amide bonds. The summed E-state index contributed by atoms with van der Waals surface area (Å²) in [6, 6.07) is 7.49. The summed E-state index contributed by atoms with van der Waals surface area (Å²) >= 11 is 0. The van der Waals surface area contributed by atoms with Gasteiger partial charge in [0.25, 0.3) is 0 Å². The first-order valence-corrected chi connectivity index (χ1v) is 6.06. The highest BCUT2D eigenvalue weighted by Crippen LogP contribution is 2.17. The van der Waals surface area contributed by atoms with Gasteiger partial charge in [0, 0.05) is 32.0 Å². The highest BCUT2D eigenvalue weighted by molar-refractivity contribution is 5.95. The summed E-state index contributed by atoms with van der Waals surface area (Å²) < 4.78 is 5.27. The summed E-state index contributed by atoms with van der Waals surface area (Å²) in [5.74, 6) is -0.0504. The average molecular weight is 249 g/mol. The normalized spacial score (nSPS) is 19.3. The molecule has 0 aromatic heterocycles. The molecule has 1 aromatic carbocycles. The van der Waals surface area contributed by atoms with Crippen LogP contribution in [0.2, 0.25) is 0 Å². The minimum absolute atomic E-state index is 0.0504. The molecule has 1 unspecified atom stereocenters. The highest BCUT2D eigenvalue weighted by Gasteiger charge is 2.21. The Hall–Kier alpha value is -1.59. The molecule has 1 aromatic rings. The molecule has 18 heavy (non-hydrogen) atoms. The van der Waals surface area contributed by atoms with E-state index in [1.807, 2.05) is 43.3 Å². The van der Waals surface area contributed by atoms with Crippen LogP contribution in [0.25, 0.3) is 0 Å². The molecule has 1 heterocycles. The summed E-state index contributed by atoms with van der Waals surface area (Å²) in [7, 11) is 3.94. The van der Waals surface area contributed by atoms with Crippen molar-refractivity contribution in [3.63, 3.8) is 0 Å². The Labute approximate surface area is 107 Å². The third-order valence-corrected chi connectivity index (χ3v) is 2.87. The topological polar surface area (TPSA) is 53.6 Å². The number of ether oxygens (including phenoxy) is 1. The van der Waals surface area contributed by atoms with Crippen molar-refractivity contribution in [2.75, 3.05) is 44.1 Å². The lowest BCUT2D eigenvalue weighted by molar-refractivity contribution is -0.120. The van der Waals surface area contributed by atoms with Gasteiger partial charge in [-0.3, -0.25) is 4.79 Å². The van der Waals surface area contributed by atoms with Gasteiger partial charge in [-0.15, -0.1) is 0 Å². The zero-order chi connectivity index (χ0) is 13.0. The molecule has 5 heteroatoms. The maximum atomic E-state index is 12.0. The second-order valence-corrected chi connectivity index (χ2v) is 4.52. The Morgan fingerprint density at radius 2 is 2.33 bits per heavy atom. The van der Waals surface area contributed by atoms with E-state index in [4.69, 9.17) is 4.74 Å². The predicted molar refractivity (Wildman–Crippen MR) is 72.0 cm³/mol. The van der Waals surface area contributed by atoms with Crippen molar-refractivity contribution >= 4 is 17.3 Å². The minimum atomic E-state index is -0.262. The van der Waals surface area contributed by atoms with Crippen molar-refractivity contribution in [2.24, 2.45) is 0 Å². The zero-order valence-electron chi connectivity index (χ0n) is 10.8. The van der Waals surface area contributed by atoms with Gasteiger partial charge in [-0.25, -0.2) is 0 Å². The fourth-order valence-electron chi connectivity index (χ4n) is 1.83. The van der Waals surface area contributed by atoms with Crippen LogP contribution in [0, 0.1) is 0 Å². The second kappa shape index (κ2) is 5.84. The predicted octanol–water partition coefficient (Wildman–Crippen LogP) is 0.679. The lowest BCUT2D eigenvalue weighted by Crippen LogP contribution is -2.48. The number of nitrogens with one attached hydrogen (secondary N) is 2. The van der Waals surface area contributed by atoms with Gasteiger partial charge < -0.3 is 20.3 Å². The molecule has 0 spiro atoms. The van der Waals surface area contributed by atoms with Crippen molar-refractivity contribution in [1.29, 1.82) is 0 Å².